The smallest absolute Gasteiger partial charge is 0.227 e. The Morgan fingerprint density at radius 3 is 2.52 bits per heavy atom. The Hall–Kier alpha value is -3.78. The molecule has 5 heteroatoms. The minimum absolute atomic E-state index is 0.0338. The van der Waals surface area contributed by atoms with Crippen LogP contribution in [0.3, 0.4) is 0 Å². The molecule has 0 saturated carbocycles. The number of nitrogens with one attached hydrogen (secondary N) is 1. The average molecular weight is 406 g/mol. The van der Waals surface area contributed by atoms with Crippen LogP contribution in [0.25, 0.3) is 0 Å². The van der Waals surface area contributed by atoms with E-state index in [4.69, 9.17) is 4.98 Å². The van der Waals surface area contributed by atoms with Gasteiger partial charge in [0.05, 0.1) is 16.7 Å². The molecule has 3 aromatic rings. The van der Waals surface area contributed by atoms with Crippen LogP contribution in [0.1, 0.15) is 30.2 Å². The van der Waals surface area contributed by atoms with E-state index >= 15 is 0 Å². The van der Waals surface area contributed by atoms with E-state index in [9.17, 15) is 10.1 Å². The summed E-state index contributed by atoms with van der Waals surface area (Å²) < 4.78 is 0. The number of aryl methyl sites for hydroxylation is 1. The summed E-state index contributed by atoms with van der Waals surface area (Å²) in [6.07, 6.45) is 5.41. The van der Waals surface area contributed by atoms with Crippen LogP contribution in [0.4, 0.5) is 11.6 Å². The molecule has 1 aromatic heterocycles. The molecule has 5 rings (SSSR count). The highest BCUT2D eigenvalue weighted by Crippen LogP contribution is 2.53. The molecule has 2 aliphatic carbocycles. The lowest BCUT2D eigenvalue weighted by atomic mass is 9.54. The van der Waals surface area contributed by atoms with Gasteiger partial charge in [0.2, 0.25) is 5.95 Å². The third kappa shape index (κ3) is 3.03. The van der Waals surface area contributed by atoms with E-state index in [1.807, 2.05) is 67.7 Å². The molecular weight excluding hydrogens is 384 g/mol. The second kappa shape index (κ2) is 7.48. The van der Waals surface area contributed by atoms with Crippen LogP contribution in [0.15, 0.2) is 78.5 Å². The van der Waals surface area contributed by atoms with Gasteiger partial charge in [-0.2, -0.15) is 5.26 Å². The fourth-order valence-corrected chi connectivity index (χ4v) is 5.15. The fourth-order valence-electron chi connectivity index (χ4n) is 5.15. The van der Waals surface area contributed by atoms with Crippen molar-refractivity contribution in [3.8, 4) is 6.07 Å². The summed E-state index contributed by atoms with van der Waals surface area (Å²) in [5.41, 5.74) is 3.49. The Morgan fingerprint density at radius 2 is 1.81 bits per heavy atom. The third-order valence-corrected chi connectivity index (χ3v) is 6.62. The first-order chi connectivity index (χ1) is 15.1. The average Bonchev–Trinajstić information content (AvgIpc) is 2.82. The minimum Gasteiger partial charge on any atom is -0.324 e. The maximum atomic E-state index is 12.9. The first kappa shape index (κ1) is 19.2. The number of anilines is 2. The molecule has 5 nitrogen and oxygen atoms in total. The quantitative estimate of drug-likeness (QED) is 0.680. The van der Waals surface area contributed by atoms with Crippen LogP contribution in [0.2, 0.25) is 0 Å². The van der Waals surface area contributed by atoms with Gasteiger partial charge in [0.1, 0.15) is 6.07 Å². The summed E-state index contributed by atoms with van der Waals surface area (Å²) >= 11 is 0. The van der Waals surface area contributed by atoms with E-state index in [1.54, 1.807) is 0 Å². The number of nitrogens with zero attached hydrogens (tertiary/aromatic N) is 3. The van der Waals surface area contributed by atoms with Gasteiger partial charge in [-0.15, -0.1) is 0 Å². The number of ketones is 1. The van der Waals surface area contributed by atoms with Crippen LogP contribution >= 0.6 is 0 Å². The van der Waals surface area contributed by atoms with E-state index in [0.29, 0.717) is 5.95 Å². The maximum absolute atomic E-state index is 12.9. The molecular formula is C26H22N4O. The highest BCUT2D eigenvalue weighted by Gasteiger charge is 2.52. The molecule has 0 bridgehead atoms. The number of carbonyl (C=O) groups excluding carboxylic acids is 1. The number of rotatable bonds is 3. The van der Waals surface area contributed by atoms with E-state index < -0.39 is 5.41 Å². The molecule has 3 atom stereocenters. The molecule has 0 spiro atoms. The predicted octanol–water partition coefficient (Wildman–Crippen LogP) is 4.74. The van der Waals surface area contributed by atoms with E-state index in [0.717, 1.165) is 35.3 Å². The Balaban J connectivity index is 1.74. The summed E-state index contributed by atoms with van der Waals surface area (Å²) in [5, 5.41) is 13.0. The number of hydrogen-bond donors (Lipinski definition) is 1. The lowest BCUT2D eigenvalue weighted by Gasteiger charge is -2.47. The zero-order valence-electron chi connectivity index (χ0n) is 17.2. The molecule has 0 amide bonds. The van der Waals surface area contributed by atoms with E-state index in [2.05, 4.69) is 28.5 Å². The molecule has 2 aliphatic rings. The zero-order chi connectivity index (χ0) is 21.4. The summed E-state index contributed by atoms with van der Waals surface area (Å²) in [4.78, 5) is 22.4. The molecule has 0 fully saturated rings. The lowest BCUT2D eigenvalue weighted by Crippen LogP contribution is -2.48. The number of aromatic nitrogens is 2. The van der Waals surface area contributed by atoms with Crippen LogP contribution < -0.4 is 5.32 Å². The molecule has 31 heavy (non-hydrogen) atoms. The number of carbonyl (C=O) groups is 1. The van der Waals surface area contributed by atoms with Crippen molar-refractivity contribution in [2.75, 3.05) is 5.32 Å². The van der Waals surface area contributed by atoms with Crippen LogP contribution in [-0.2, 0) is 16.6 Å². The number of fused-ring (bicyclic) bond motifs is 3. The Bertz CT molecular complexity index is 1210. The van der Waals surface area contributed by atoms with Gasteiger partial charge >= 0.3 is 0 Å². The first-order valence-corrected chi connectivity index (χ1v) is 10.5. The number of allylic oxidation sites excluding steroid dienone is 2. The standard InChI is InChI=1S/C26H22N4O/c1-17-22-13-12-18-16-28-25(29-21-10-6-3-7-11-21)30-24(18)26(22,14-19(15-27)23(17)31)20-8-4-2-5-9-20/h2-11,14,16-17,22H,12-13H2,1H3,(H,28,29,30). The van der Waals surface area contributed by atoms with E-state index in [-0.39, 0.29) is 23.2 Å². The molecule has 1 heterocycles. The van der Waals surface area contributed by atoms with Gasteiger partial charge < -0.3 is 5.32 Å². The summed E-state index contributed by atoms with van der Waals surface area (Å²) in [6, 6.07) is 22.1. The third-order valence-electron chi connectivity index (χ3n) is 6.62. The van der Waals surface area contributed by atoms with Crippen molar-refractivity contribution in [2.45, 2.75) is 25.2 Å². The molecule has 1 N–H and O–H groups in total. The Labute approximate surface area is 181 Å². The SMILES string of the molecule is CC1C(=O)C(C#N)=CC2(c3ccccc3)c3nc(Nc4ccccc4)ncc3CCC12. The molecule has 2 aromatic carbocycles. The zero-order valence-corrected chi connectivity index (χ0v) is 17.2. The van der Waals surface area contributed by atoms with Crippen molar-refractivity contribution in [2.24, 2.45) is 11.8 Å². The van der Waals surface area contributed by atoms with Gasteiger partial charge in [-0.3, -0.25) is 4.79 Å². The monoisotopic (exact) mass is 406 g/mol. The van der Waals surface area contributed by atoms with Crippen LogP contribution in [-0.4, -0.2) is 15.8 Å². The maximum Gasteiger partial charge on any atom is 0.227 e. The lowest BCUT2D eigenvalue weighted by molar-refractivity contribution is -0.121. The van der Waals surface area contributed by atoms with E-state index in [1.165, 1.54) is 0 Å². The number of para-hydroxylation sites is 1. The fraction of sp³-hybridized carbons (Fsp3) is 0.231. The van der Waals surface area contributed by atoms with Gasteiger partial charge in [-0.25, -0.2) is 9.97 Å². The second-order valence-corrected chi connectivity index (χ2v) is 8.26. The number of nitriles is 1. The Morgan fingerprint density at radius 1 is 1.10 bits per heavy atom. The van der Waals surface area contributed by atoms with Crippen LogP contribution in [0, 0.1) is 23.2 Å². The molecule has 0 aliphatic heterocycles. The molecule has 0 saturated heterocycles. The first-order valence-electron chi connectivity index (χ1n) is 10.5. The van der Waals surface area contributed by atoms with Crippen molar-refractivity contribution in [3.63, 3.8) is 0 Å². The van der Waals surface area contributed by atoms with Gasteiger partial charge in [0.15, 0.2) is 5.78 Å². The number of hydrogen-bond acceptors (Lipinski definition) is 5. The van der Waals surface area contributed by atoms with Crippen LogP contribution in [0.5, 0.6) is 0 Å². The van der Waals surface area contributed by atoms with Gasteiger partial charge in [-0.05, 0) is 48.1 Å². The van der Waals surface area contributed by atoms with Crippen molar-refractivity contribution >= 4 is 17.4 Å². The normalized spacial score (nSPS) is 24.4. The topological polar surface area (TPSA) is 78.7 Å². The van der Waals surface area contributed by atoms with Gasteiger partial charge in [-0.1, -0.05) is 55.5 Å². The summed E-state index contributed by atoms with van der Waals surface area (Å²) in [6.45, 7) is 1.95. The highest BCUT2D eigenvalue weighted by atomic mass is 16.1. The second-order valence-electron chi connectivity index (χ2n) is 8.26. The predicted molar refractivity (Wildman–Crippen MR) is 119 cm³/mol. The molecule has 0 radical (unpaired) electrons. The summed E-state index contributed by atoms with van der Waals surface area (Å²) in [5.74, 6) is 0.219. The largest absolute Gasteiger partial charge is 0.324 e. The summed E-state index contributed by atoms with van der Waals surface area (Å²) in [7, 11) is 0. The Kier molecular flexibility index (Phi) is 4.63. The molecule has 152 valence electrons. The van der Waals surface area contributed by atoms with Crippen molar-refractivity contribution < 1.29 is 4.79 Å². The number of benzene rings is 2. The highest BCUT2D eigenvalue weighted by molar-refractivity contribution is 6.02. The minimum atomic E-state index is -0.636. The van der Waals surface area contributed by atoms with Crippen molar-refractivity contribution in [1.29, 1.82) is 5.26 Å². The van der Waals surface area contributed by atoms with Gasteiger partial charge in [0, 0.05) is 17.8 Å². The van der Waals surface area contributed by atoms with Crippen molar-refractivity contribution in [3.05, 3.63) is 95.3 Å². The van der Waals surface area contributed by atoms with Gasteiger partial charge in [0.25, 0.3) is 0 Å². The molecule has 3 unspecified atom stereocenters. The van der Waals surface area contributed by atoms with Crippen molar-refractivity contribution in [1.82, 2.24) is 9.97 Å². The number of Topliss-reactive ketones (excluding diaryl/α,β-unsaturated/α-hetero) is 1.